The number of hydrogen-bond donors (Lipinski definition) is 2. The van der Waals surface area contributed by atoms with E-state index in [1.165, 1.54) is 0 Å². The second-order valence-electron chi connectivity index (χ2n) is 3.31. The summed E-state index contributed by atoms with van der Waals surface area (Å²) in [6, 6.07) is 0.305. The molecule has 3 heteroatoms. The maximum atomic E-state index is 11.2. The van der Waals surface area contributed by atoms with Gasteiger partial charge in [-0.1, -0.05) is 0 Å². The molecule has 0 aromatic rings. The van der Waals surface area contributed by atoms with Crippen LogP contribution in [0.2, 0.25) is 0 Å². The van der Waals surface area contributed by atoms with Gasteiger partial charge in [0.05, 0.1) is 0 Å². The van der Waals surface area contributed by atoms with Crippen molar-refractivity contribution >= 4 is 5.91 Å². The average Bonchev–Trinajstić information content (AvgIpc) is 2.16. The quantitative estimate of drug-likeness (QED) is 0.612. The number of amides is 1. The third kappa shape index (κ3) is 3.95. The predicted molar refractivity (Wildman–Crippen MR) is 52.1 cm³/mol. The van der Waals surface area contributed by atoms with Crippen LogP contribution in [0.25, 0.3) is 0 Å². The number of carbonyl (C=O) groups excluding carboxylic acids is 1. The summed E-state index contributed by atoms with van der Waals surface area (Å²) in [7, 11) is 0. The number of rotatable bonds is 3. The van der Waals surface area contributed by atoms with E-state index >= 15 is 0 Å². The smallest absolute Gasteiger partial charge is 0.221 e. The first-order valence-electron chi connectivity index (χ1n) is 4.76. The van der Waals surface area contributed by atoms with Crippen LogP contribution in [0, 0.1) is 12.3 Å². The molecule has 1 aliphatic rings. The highest BCUT2D eigenvalue weighted by Gasteiger charge is 2.14. The average molecular weight is 180 g/mol. The molecule has 1 saturated heterocycles. The van der Waals surface area contributed by atoms with Gasteiger partial charge >= 0.3 is 0 Å². The minimum absolute atomic E-state index is 0.0756. The lowest BCUT2D eigenvalue weighted by Crippen LogP contribution is -2.45. The molecule has 0 radical (unpaired) electrons. The zero-order chi connectivity index (χ0) is 9.52. The van der Waals surface area contributed by atoms with E-state index in [0.29, 0.717) is 18.9 Å². The summed E-state index contributed by atoms with van der Waals surface area (Å²) in [4.78, 5) is 11.2. The molecule has 13 heavy (non-hydrogen) atoms. The molecular formula is C10H16N2O. The van der Waals surface area contributed by atoms with Crippen LogP contribution in [0.1, 0.15) is 25.7 Å². The van der Waals surface area contributed by atoms with Crippen LogP contribution >= 0.6 is 0 Å². The van der Waals surface area contributed by atoms with Gasteiger partial charge in [-0.3, -0.25) is 4.79 Å². The highest BCUT2D eigenvalue weighted by molar-refractivity contribution is 5.76. The van der Waals surface area contributed by atoms with Crippen LogP contribution in [0.3, 0.4) is 0 Å². The molecule has 2 N–H and O–H groups in total. The van der Waals surface area contributed by atoms with E-state index < -0.39 is 0 Å². The predicted octanol–water partition coefficient (Wildman–Crippen LogP) is 0.268. The van der Waals surface area contributed by atoms with Gasteiger partial charge in [0.2, 0.25) is 5.91 Å². The van der Waals surface area contributed by atoms with Crippen molar-refractivity contribution < 1.29 is 4.79 Å². The van der Waals surface area contributed by atoms with E-state index in [-0.39, 0.29) is 5.91 Å². The normalized spacial score (nSPS) is 21.9. The molecule has 1 unspecified atom stereocenters. The van der Waals surface area contributed by atoms with Crippen molar-refractivity contribution in [2.45, 2.75) is 31.7 Å². The lowest BCUT2D eigenvalue weighted by molar-refractivity contribution is -0.121. The van der Waals surface area contributed by atoms with Gasteiger partial charge in [-0.2, -0.15) is 0 Å². The second kappa shape index (κ2) is 5.60. The number of hydrogen-bond acceptors (Lipinski definition) is 2. The standard InChI is InChI=1S/C10H16N2O/c1-2-3-6-10(13)12-9-5-4-7-11-8-9/h1,9,11H,3-8H2,(H,12,13). The van der Waals surface area contributed by atoms with E-state index in [1.54, 1.807) is 0 Å². The molecule has 0 aromatic heterocycles. The summed E-state index contributed by atoms with van der Waals surface area (Å²) in [5.74, 6) is 2.53. The summed E-state index contributed by atoms with van der Waals surface area (Å²) < 4.78 is 0. The van der Waals surface area contributed by atoms with Crippen LogP contribution in [-0.4, -0.2) is 25.0 Å². The molecule has 1 amide bonds. The third-order valence-corrected chi connectivity index (χ3v) is 2.16. The monoisotopic (exact) mass is 180 g/mol. The molecule has 0 aromatic carbocycles. The first-order valence-corrected chi connectivity index (χ1v) is 4.76. The van der Waals surface area contributed by atoms with Crippen molar-refractivity contribution in [1.29, 1.82) is 0 Å². The van der Waals surface area contributed by atoms with Gasteiger partial charge in [0, 0.05) is 25.4 Å². The largest absolute Gasteiger partial charge is 0.352 e. The third-order valence-electron chi connectivity index (χ3n) is 2.16. The molecule has 72 valence electrons. The fourth-order valence-corrected chi connectivity index (χ4v) is 1.46. The lowest BCUT2D eigenvalue weighted by atomic mass is 10.1. The maximum absolute atomic E-state index is 11.2. The topological polar surface area (TPSA) is 41.1 Å². The van der Waals surface area contributed by atoms with Crippen molar-refractivity contribution in [3.05, 3.63) is 0 Å². The number of terminal acetylenes is 1. The Balaban J connectivity index is 2.15. The maximum Gasteiger partial charge on any atom is 0.221 e. The van der Waals surface area contributed by atoms with E-state index in [0.717, 1.165) is 25.9 Å². The van der Waals surface area contributed by atoms with Gasteiger partial charge in [-0.15, -0.1) is 12.3 Å². The summed E-state index contributed by atoms with van der Waals surface area (Å²) >= 11 is 0. The minimum atomic E-state index is 0.0756. The number of carbonyl (C=O) groups is 1. The summed E-state index contributed by atoms with van der Waals surface area (Å²) in [5.41, 5.74) is 0. The van der Waals surface area contributed by atoms with Gasteiger partial charge < -0.3 is 10.6 Å². The second-order valence-corrected chi connectivity index (χ2v) is 3.31. The fourth-order valence-electron chi connectivity index (χ4n) is 1.46. The van der Waals surface area contributed by atoms with Crippen LogP contribution in [0.15, 0.2) is 0 Å². The zero-order valence-electron chi connectivity index (χ0n) is 7.81. The molecule has 3 nitrogen and oxygen atoms in total. The molecule has 0 aliphatic carbocycles. The molecule has 1 atom stereocenters. The van der Waals surface area contributed by atoms with E-state index in [1.807, 2.05) is 0 Å². The Labute approximate surface area is 79.3 Å². The van der Waals surface area contributed by atoms with Gasteiger partial charge in [0.25, 0.3) is 0 Å². The summed E-state index contributed by atoms with van der Waals surface area (Å²) in [6.45, 7) is 1.96. The van der Waals surface area contributed by atoms with Crippen LogP contribution in [-0.2, 0) is 4.79 Å². The van der Waals surface area contributed by atoms with Crippen molar-refractivity contribution in [2.75, 3.05) is 13.1 Å². The molecular weight excluding hydrogens is 164 g/mol. The van der Waals surface area contributed by atoms with Crippen molar-refractivity contribution in [3.63, 3.8) is 0 Å². The Morgan fingerprint density at radius 3 is 3.15 bits per heavy atom. The van der Waals surface area contributed by atoms with Gasteiger partial charge in [-0.05, 0) is 19.4 Å². The minimum Gasteiger partial charge on any atom is -0.352 e. The summed E-state index contributed by atoms with van der Waals surface area (Å²) in [6.07, 6.45) is 8.27. The van der Waals surface area contributed by atoms with Crippen molar-refractivity contribution in [2.24, 2.45) is 0 Å². The van der Waals surface area contributed by atoms with Crippen LogP contribution in [0.4, 0.5) is 0 Å². The molecule has 0 spiro atoms. The van der Waals surface area contributed by atoms with Gasteiger partial charge in [0.1, 0.15) is 0 Å². The lowest BCUT2D eigenvalue weighted by Gasteiger charge is -2.23. The summed E-state index contributed by atoms with van der Waals surface area (Å²) in [5, 5.41) is 6.20. The Bertz CT molecular complexity index is 201. The first kappa shape index (κ1) is 10.1. The highest BCUT2D eigenvalue weighted by Crippen LogP contribution is 2.01. The number of piperidine rings is 1. The molecule has 1 rings (SSSR count). The molecule has 1 heterocycles. The van der Waals surface area contributed by atoms with Gasteiger partial charge in [0.15, 0.2) is 0 Å². The number of nitrogens with one attached hydrogen (secondary N) is 2. The van der Waals surface area contributed by atoms with E-state index in [9.17, 15) is 4.79 Å². The van der Waals surface area contributed by atoms with E-state index in [4.69, 9.17) is 6.42 Å². The Kier molecular flexibility index (Phi) is 4.34. The fraction of sp³-hybridized carbons (Fsp3) is 0.700. The Morgan fingerprint density at radius 2 is 2.54 bits per heavy atom. The van der Waals surface area contributed by atoms with Crippen molar-refractivity contribution in [1.82, 2.24) is 10.6 Å². The first-order chi connectivity index (χ1) is 6.33. The molecule has 1 fully saturated rings. The SMILES string of the molecule is C#CCCC(=O)NC1CCCNC1. The van der Waals surface area contributed by atoms with Gasteiger partial charge in [-0.25, -0.2) is 0 Å². The van der Waals surface area contributed by atoms with E-state index in [2.05, 4.69) is 16.6 Å². The van der Waals surface area contributed by atoms with Crippen molar-refractivity contribution in [3.8, 4) is 12.3 Å². The van der Waals surface area contributed by atoms with Crippen LogP contribution in [0.5, 0.6) is 0 Å². The molecule has 1 aliphatic heterocycles. The van der Waals surface area contributed by atoms with Crippen LogP contribution < -0.4 is 10.6 Å². The highest BCUT2D eigenvalue weighted by atomic mass is 16.1. The zero-order valence-corrected chi connectivity index (χ0v) is 7.81. The Morgan fingerprint density at radius 1 is 1.69 bits per heavy atom. The Hall–Kier alpha value is -1.01. The molecule has 0 saturated carbocycles. The molecule has 0 bridgehead atoms.